The molecule has 0 spiro atoms. The van der Waals surface area contributed by atoms with Gasteiger partial charge in [-0.05, 0) is 19.1 Å². The molecule has 1 unspecified atom stereocenters. The van der Waals surface area contributed by atoms with Crippen LogP contribution in [0.4, 0.5) is 0 Å². The second-order valence-electron chi connectivity index (χ2n) is 9.28. The van der Waals surface area contributed by atoms with Gasteiger partial charge in [-0.2, -0.15) is 0 Å². The number of methoxy groups -OCH3 is 1. The largest absolute Gasteiger partial charge is 0.507 e. The predicted octanol–water partition coefficient (Wildman–Crippen LogP) is 1.63. The lowest BCUT2D eigenvalue weighted by Gasteiger charge is -2.38. The van der Waals surface area contributed by atoms with E-state index in [1.54, 1.807) is 6.92 Å². The maximum absolute atomic E-state index is 13.6. The summed E-state index contributed by atoms with van der Waals surface area (Å²) in [5.74, 6) is -3.90. The fourth-order valence-corrected chi connectivity index (χ4v) is 5.22. The summed E-state index contributed by atoms with van der Waals surface area (Å²) in [4.78, 5) is 38.9. The molecule has 0 radical (unpaired) electrons. The maximum Gasteiger partial charge on any atom is 0.331 e. The number of carboxylic acids is 1. The van der Waals surface area contributed by atoms with E-state index in [2.05, 4.69) is 0 Å². The van der Waals surface area contributed by atoms with Crippen LogP contribution in [0, 0.1) is 0 Å². The number of aliphatic hydroxyl groups is 1. The number of aliphatic hydroxyl groups excluding tert-OH is 1. The lowest BCUT2D eigenvalue weighted by Crippen LogP contribution is -2.51. The van der Waals surface area contributed by atoms with Crippen LogP contribution in [0.25, 0.3) is 6.08 Å². The third-order valence-electron chi connectivity index (χ3n) is 7.08. The molecule has 2 aromatic carbocycles. The van der Waals surface area contributed by atoms with Gasteiger partial charge in [0, 0.05) is 41.1 Å². The van der Waals surface area contributed by atoms with E-state index in [0.29, 0.717) is 0 Å². The minimum Gasteiger partial charge on any atom is -0.507 e. The normalized spacial score (nSPS) is 26.6. The Labute approximate surface area is 210 Å². The molecule has 0 bridgehead atoms. The molecular formula is C26H25NO10. The number of ketones is 2. The summed E-state index contributed by atoms with van der Waals surface area (Å²) in [5.41, 5.74) is 4.69. The van der Waals surface area contributed by atoms with Crippen LogP contribution >= 0.6 is 0 Å². The average molecular weight is 511 g/mol. The Hall–Kier alpha value is -3.77. The van der Waals surface area contributed by atoms with Crippen molar-refractivity contribution in [2.24, 2.45) is 5.73 Å². The Morgan fingerprint density at radius 1 is 1.11 bits per heavy atom. The van der Waals surface area contributed by atoms with E-state index < -0.39 is 70.8 Å². The molecule has 6 N–H and O–H groups in total. The molecule has 1 heterocycles. The zero-order valence-electron chi connectivity index (χ0n) is 19.9. The fraction of sp³-hybridized carbons (Fsp3) is 0.346. The highest BCUT2D eigenvalue weighted by atomic mass is 16.7. The molecule has 11 nitrogen and oxygen atoms in total. The molecule has 1 fully saturated rings. The van der Waals surface area contributed by atoms with Gasteiger partial charge in [0.05, 0.1) is 42.1 Å². The van der Waals surface area contributed by atoms with Crippen LogP contribution in [-0.2, 0) is 14.3 Å². The van der Waals surface area contributed by atoms with Crippen molar-refractivity contribution in [3.63, 3.8) is 0 Å². The van der Waals surface area contributed by atoms with Gasteiger partial charge in [0.1, 0.15) is 17.2 Å². The SMILES string of the molecule is COc1cccc2c1C(=O)c1c(O)c3c(c(O)c1C2=O)C=C(C(=O)O)C[C@@H]3O[C@H]1CC(N)[C@H](O)[C@H](C)O1. The van der Waals surface area contributed by atoms with E-state index in [4.69, 9.17) is 19.9 Å². The zero-order chi connectivity index (χ0) is 26.8. The summed E-state index contributed by atoms with van der Waals surface area (Å²) >= 11 is 0. The van der Waals surface area contributed by atoms with Gasteiger partial charge in [-0.1, -0.05) is 12.1 Å². The van der Waals surface area contributed by atoms with Gasteiger partial charge < -0.3 is 40.4 Å². The number of aromatic hydroxyl groups is 2. The fourth-order valence-electron chi connectivity index (χ4n) is 5.22. The monoisotopic (exact) mass is 511 g/mol. The lowest BCUT2D eigenvalue weighted by atomic mass is 9.77. The van der Waals surface area contributed by atoms with Crippen molar-refractivity contribution in [3.8, 4) is 17.2 Å². The molecular weight excluding hydrogens is 486 g/mol. The molecule has 5 rings (SSSR count). The van der Waals surface area contributed by atoms with E-state index in [1.807, 2.05) is 0 Å². The number of fused-ring (bicyclic) bond motifs is 3. The van der Waals surface area contributed by atoms with Gasteiger partial charge in [0.25, 0.3) is 0 Å². The number of phenolic OH excluding ortho intramolecular Hbond substituents is 2. The van der Waals surface area contributed by atoms with Crippen molar-refractivity contribution in [2.75, 3.05) is 7.11 Å². The van der Waals surface area contributed by atoms with Crippen molar-refractivity contribution in [1.29, 1.82) is 0 Å². The van der Waals surface area contributed by atoms with Crippen molar-refractivity contribution < 1.29 is 49.0 Å². The lowest BCUT2D eigenvalue weighted by molar-refractivity contribution is -0.240. The topological polar surface area (TPSA) is 186 Å². The molecule has 5 atom stereocenters. The zero-order valence-corrected chi connectivity index (χ0v) is 19.9. The third kappa shape index (κ3) is 3.78. The Kier molecular flexibility index (Phi) is 6.03. The van der Waals surface area contributed by atoms with E-state index in [9.17, 15) is 34.8 Å². The Morgan fingerprint density at radius 3 is 2.46 bits per heavy atom. The first-order valence-electron chi connectivity index (χ1n) is 11.6. The molecule has 11 heteroatoms. The Balaban J connectivity index is 1.68. The van der Waals surface area contributed by atoms with Crippen molar-refractivity contribution in [1.82, 2.24) is 0 Å². The summed E-state index contributed by atoms with van der Waals surface area (Å²) < 4.78 is 17.0. The van der Waals surface area contributed by atoms with Gasteiger partial charge in [-0.25, -0.2) is 4.79 Å². The molecule has 194 valence electrons. The molecule has 37 heavy (non-hydrogen) atoms. The van der Waals surface area contributed by atoms with Crippen LogP contribution in [0.2, 0.25) is 0 Å². The molecule has 3 aliphatic rings. The van der Waals surface area contributed by atoms with Crippen molar-refractivity contribution in [2.45, 2.75) is 50.4 Å². The number of carbonyl (C=O) groups is 3. The van der Waals surface area contributed by atoms with Gasteiger partial charge in [0.2, 0.25) is 5.78 Å². The number of rotatable bonds is 4. The Bertz CT molecular complexity index is 1370. The van der Waals surface area contributed by atoms with E-state index in [-0.39, 0.29) is 46.4 Å². The average Bonchev–Trinajstić information content (AvgIpc) is 2.86. The molecule has 1 aliphatic heterocycles. The minimum absolute atomic E-state index is 0.0188. The van der Waals surface area contributed by atoms with Gasteiger partial charge in [-0.3, -0.25) is 9.59 Å². The molecule has 1 saturated heterocycles. The van der Waals surface area contributed by atoms with Crippen molar-refractivity contribution in [3.05, 3.63) is 57.2 Å². The van der Waals surface area contributed by atoms with Crippen LogP contribution in [0.15, 0.2) is 23.8 Å². The standard InChI is InChI=1S/C26H25NO10/c1-9-21(28)13(27)8-16(36-9)37-15-7-10(26(33)34)6-12-18(15)25(32)20-19(23(12)30)22(29)11-4-3-5-14(35-2)17(11)24(20)31/h3-6,9,13,15-16,21,28,30,32H,7-8,27H2,1-2H3,(H,33,34)/t9-,13?,15-,16-,21+/m0/s1. The quantitative estimate of drug-likeness (QED) is 0.321. The predicted molar refractivity (Wildman–Crippen MR) is 127 cm³/mol. The number of ether oxygens (including phenoxy) is 3. The first kappa shape index (κ1) is 24.9. The first-order valence-corrected chi connectivity index (χ1v) is 11.6. The number of carbonyl (C=O) groups excluding carboxylic acids is 2. The number of carboxylic acid groups (broad SMARTS) is 1. The molecule has 0 aromatic heterocycles. The highest BCUT2D eigenvalue weighted by molar-refractivity contribution is 6.31. The highest BCUT2D eigenvalue weighted by Crippen LogP contribution is 2.51. The highest BCUT2D eigenvalue weighted by Gasteiger charge is 2.43. The molecule has 0 saturated carbocycles. The van der Waals surface area contributed by atoms with Gasteiger partial charge in [0.15, 0.2) is 12.1 Å². The van der Waals surface area contributed by atoms with Crippen LogP contribution in [-0.4, -0.2) is 69.6 Å². The van der Waals surface area contributed by atoms with E-state index in [1.165, 1.54) is 25.3 Å². The Morgan fingerprint density at radius 2 is 1.81 bits per heavy atom. The number of nitrogens with two attached hydrogens (primary N) is 1. The molecule has 2 aromatic rings. The van der Waals surface area contributed by atoms with Crippen molar-refractivity contribution >= 4 is 23.6 Å². The second kappa shape index (κ2) is 8.96. The number of phenols is 2. The number of hydrogen-bond acceptors (Lipinski definition) is 10. The molecule has 0 amide bonds. The van der Waals surface area contributed by atoms with Crippen LogP contribution in [0.5, 0.6) is 17.2 Å². The van der Waals surface area contributed by atoms with Crippen LogP contribution in [0.1, 0.15) is 68.8 Å². The number of benzene rings is 2. The number of aliphatic carboxylic acids is 1. The maximum atomic E-state index is 13.6. The third-order valence-corrected chi connectivity index (χ3v) is 7.08. The van der Waals surface area contributed by atoms with E-state index >= 15 is 0 Å². The summed E-state index contributed by atoms with van der Waals surface area (Å²) in [7, 11) is 1.34. The van der Waals surface area contributed by atoms with Gasteiger partial charge >= 0.3 is 5.97 Å². The summed E-state index contributed by atoms with van der Waals surface area (Å²) in [6, 6.07) is 3.74. The van der Waals surface area contributed by atoms with E-state index in [0.717, 1.165) is 6.08 Å². The summed E-state index contributed by atoms with van der Waals surface area (Å²) in [6.45, 7) is 1.60. The first-order chi connectivity index (χ1) is 17.5. The molecule has 2 aliphatic carbocycles. The summed E-state index contributed by atoms with van der Waals surface area (Å²) in [6.07, 6.45) is -2.79. The van der Waals surface area contributed by atoms with Gasteiger partial charge in [-0.15, -0.1) is 0 Å². The number of hydrogen-bond donors (Lipinski definition) is 5. The second-order valence-corrected chi connectivity index (χ2v) is 9.28. The minimum atomic E-state index is -1.29. The smallest absolute Gasteiger partial charge is 0.331 e. The van der Waals surface area contributed by atoms with Crippen LogP contribution < -0.4 is 10.5 Å². The van der Waals surface area contributed by atoms with Crippen LogP contribution in [0.3, 0.4) is 0 Å². The summed E-state index contributed by atoms with van der Waals surface area (Å²) in [5, 5.41) is 42.3.